The number of rotatable bonds is 6. The van der Waals surface area contributed by atoms with E-state index in [0.717, 1.165) is 78.7 Å². The maximum absolute atomic E-state index is 6.28. The molecule has 16 rings (SSSR count). The van der Waals surface area contributed by atoms with E-state index in [9.17, 15) is 0 Å². The highest BCUT2D eigenvalue weighted by Gasteiger charge is 2.51. The molecule has 4 fully saturated rings. The van der Waals surface area contributed by atoms with Crippen LogP contribution in [0.2, 0.25) is 0 Å². The van der Waals surface area contributed by atoms with E-state index in [0.29, 0.717) is 5.41 Å². The van der Waals surface area contributed by atoms with E-state index in [2.05, 4.69) is 173 Å². The first-order valence-electron chi connectivity index (χ1n) is 23.9. The summed E-state index contributed by atoms with van der Waals surface area (Å²) in [5.41, 5.74) is 14.8. The standard InChI is InChI=1S/C62H46N2O2/c1-2-8-49-42(7-1)15-25-52-53-32-43(16-26-56(53)64(61(49)52)46-21-17-44(18-22-46)62-35-38-29-39(36-62)31-40(30-38)37-62)41-13-19-45(20-14-41)63(47-23-27-59-54(33-47)50-9-3-5-11-57(50)65-59)48-24-28-60-55(34-48)51-10-4-6-12-58(51)66-60/h1-28,32-34,38-40H,29-31,35-37H2. The van der Waals surface area contributed by atoms with Gasteiger partial charge in [-0.1, -0.05) is 103 Å². The number of nitrogens with zero attached hydrogens (tertiary/aromatic N) is 2. The van der Waals surface area contributed by atoms with Gasteiger partial charge in [-0.15, -0.1) is 0 Å². The Morgan fingerprint density at radius 1 is 0.409 bits per heavy atom. The lowest BCUT2D eigenvalue weighted by Crippen LogP contribution is -2.48. The van der Waals surface area contributed by atoms with Gasteiger partial charge in [-0.05, 0) is 169 Å². The largest absolute Gasteiger partial charge is 0.456 e. The third kappa shape index (κ3) is 5.45. The van der Waals surface area contributed by atoms with Crippen molar-refractivity contribution in [3.8, 4) is 16.8 Å². The van der Waals surface area contributed by atoms with Crippen LogP contribution in [-0.2, 0) is 5.41 Å². The third-order valence-corrected chi connectivity index (χ3v) is 16.1. The smallest absolute Gasteiger partial charge is 0.135 e. The molecular formula is C62H46N2O2. The highest BCUT2D eigenvalue weighted by atomic mass is 16.3. The SMILES string of the molecule is c1ccc2c(c1)ccc1c3cc(-c4ccc(N(c5ccc6oc7ccccc7c6c5)c5ccc6oc7ccccc7c6c5)cc4)ccc3n(-c3ccc(C45CC6CC(CC(C6)C4)C5)cc3)c21. The second-order valence-electron chi connectivity index (χ2n) is 19.9. The average molecular weight is 851 g/mol. The molecule has 4 aliphatic rings. The zero-order valence-electron chi connectivity index (χ0n) is 36.6. The van der Waals surface area contributed by atoms with Gasteiger partial charge in [0.05, 0.1) is 11.0 Å². The van der Waals surface area contributed by atoms with Crippen molar-refractivity contribution >= 4 is 93.5 Å². The Hall–Kier alpha value is -7.56. The molecule has 3 aromatic heterocycles. The fraction of sp³-hybridized carbons (Fsp3) is 0.161. The van der Waals surface area contributed by atoms with E-state index in [1.54, 1.807) is 5.56 Å². The second kappa shape index (κ2) is 13.7. The lowest BCUT2D eigenvalue weighted by molar-refractivity contribution is -0.00518. The fourth-order valence-corrected chi connectivity index (χ4v) is 13.6. The van der Waals surface area contributed by atoms with Gasteiger partial charge < -0.3 is 18.3 Å². The molecule has 0 amide bonds. The van der Waals surface area contributed by atoms with Crippen molar-refractivity contribution in [2.45, 2.75) is 43.9 Å². The molecule has 66 heavy (non-hydrogen) atoms. The van der Waals surface area contributed by atoms with E-state index >= 15 is 0 Å². The van der Waals surface area contributed by atoms with Crippen LogP contribution in [0.1, 0.15) is 44.1 Å². The van der Waals surface area contributed by atoms with Crippen LogP contribution in [0, 0.1) is 17.8 Å². The number of para-hydroxylation sites is 2. The molecule has 0 saturated heterocycles. The molecule has 9 aromatic carbocycles. The van der Waals surface area contributed by atoms with Crippen LogP contribution in [0.4, 0.5) is 17.1 Å². The van der Waals surface area contributed by atoms with Gasteiger partial charge >= 0.3 is 0 Å². The first-order valence-corrected chi connectivity index (χ1v) is 23.9. The molecule has 0 spiro atoms. The van der Waals surface area contributed by atoms with Gasteiger partial charge in [-0.3, -0.25) is 0 Å². The van der Waals surface area contributed by atoms with E-state index < -0.39 is 0 Å². The maximum Gasteiger partial charge on any atom is 0.135 e. The first kappa shape index (κ1) is 36.7. The summed E-state index contributed by atoms with van der Waals surface area (Å²) in [6.07, 6.45) is 8.57. The van der Waals surface area contributed by atoms with Gasteiger partial charge in [0.25, 0.3) is 0 Å². The summed E-state index contributed by atoms with van der Waals surface area (Å²) in [7, 11) is 0. The number of furan rings is 2. The minimum Gasteiger partial charge on any atom is -0.456 e. The summed E-state index contributed by atoms with van der Waals surface area (Å²) in [5, 5.41) is 9.51. The van der Waals surface area contributed by atoms with Crippen LogP contribution in [-0.4, -0.2) is 4.57 Å². The Balaban J connectivity index is 0.847. The van der Waals surface area contributed by atoms with Crippen LogP contribution in [0.15, 0.2) is 197 Å². The molecule has 4 nitrogen and oxygen atoms in total. The molecule has 316 valence electrons. The molecular weight excluding hydrogens is 805 g/mol. The minimum absolute atomic E-state index is 0.382. The summed E-state index contributed by atoms with van der Waals surface area (Å²) in [4.78, 5) is 2.35. The Kier molecular flexibility index (Phi) is 7.64. The van der Waals surface area contributed by atoms with Gasteiger partial charge in [0.1, 0.15) is 22.3 Å². The van der Waals surface area contributed by atoms with E-state index in [1.807, 2.05) is 24.3 Å². The Bertz CT molecular complexity index is 3770. The lowest BCUT2D eigenvalue weighted by atomic mass is 9.48. The van der Waals surface area contributed by atoms with Gasteiger partial charge in [0.15, 0.2) is 0 Å². The van der Waals surface area contributed by atoms with Crippen LogP contribution in [0.25, 0.3) is 93.3 Å². The maximum atomic E-state index is 6.28. The molecule has 0 radical (unpaired) electrons. The normalized spacial score (nSPS) is 20.3. The van der Waals surface area contributed by atoms with Crippen molar-refractivity contribution in [3.05, 3.63) is 194 Å². The van der Waals surface area contributed by atoms with Crippen molar-refractivity contribution in [3.63, 3.8) is 0 Å². The molecule has 4 saturated carbocycles. The molecule has 4 bridgehead atoms. The number of fused-ring (bicyclic) bond motifs is 11. The summed E-state index contributed by atoms with van der Waals surface area (Å²) in [6, 6.07) is 69.1. The van der Waals surface area contributed by atoms with E-state index in [4.69, 9.17) is 8.83 Å². The van der Waals surface area contributed by atoms with Crippen LogP contribution >= 0.6 is 0 Å². The predicted octanol–water partition coefficient (Wildman–Crippen LogP) is 17.3. The fourth-order valence-electron chi connectivity index (χ4n) is 13.6. The van der Waals surface area contributed by atoms with Crippen LogP contribution in [0.3, 0.4) is 0 Å². The van der Waals surface area contributed by atoms with Crippen molar-refractivity contribution in [2.24, 2.45) is 17.8 Å². The Labute approximate surface area is 382 Å². The predicted molar refractivity (Wildman–Crippen MR) is 273 cm³/mol. The Morgan fingerprint density at radius 3 is 1.59 bits per heavy atom. The van der Waals surface area contributed by atoms with Crippen molar-refractivity contribution in [1.29, 1.82) is 0 Å². The zero-order chi connectivity index (χ0) is 43.1. The molecule has 12 aromatic rings. The van der Waals surface area contributed by atoms with Crippen LogP contribution < -0.4 is 4.90 Å². The molecule has 0 aliphatic heterocycles. The molecule has 3 heterocycles. The highest BCUT2D eigenvalue weighted by molar-refractivity contribution is 6.19. The van der Waals surface area contributed by atoms with Gasteiger partial charge in [0, 0.05) is 60.5 Å². The van der Waals surface area contributed by atoms with Gasteiger partial charge in [-0.2, -0.15) is 0 Å². The summed E-state index contributed by atoms with van der Waals surface area (Å²) < 4.78 is 15.1. The number of aromatic nitrogens is 1. The van der Waals surface area contributed by atoms with Crippen molar-refractivity contribution < 1.29 is 8.83 Å². The molecule has 4 heteroatoms. The highest BCUT2D eigenvalue weighted by Crippen LogP contribution is 2.61. The molecule has 4 aliphatic carbocycles. The zero-order valence-corrected chi connectivity index (χ0v) is 36.6. The number of hydrogen-bond acceptors (Lipinski definition) is 3. The number of anilines is 3. The third-order valence-electron chi connectivity index (χ3n) is 16.1. The molecule has 0 unspecified atom stereocenters. The summed E-state index contributed by atoms with van der Waals surface area (Å²) in [5.74, 6) is 2.80. The summed E-state index contributed by atoms with van der Waals surface area (Å²) >= 11 is 0. The quantitative estimate of drug-likeness (QED) is 0.167. The van der Waals surface area contributed by atoms with E-state index in [1.165, 1.54) is 87.9 Å². The summed E-state index contributed by atoms with van der Waals surface area (Å²) in [6.45, 7) is 0. The van der Waals surface area contributed by atoms with Crippen molar-refractivity contribution in [1.82, 2.24) is 4.57 Å². The molecule has 0 atom stereocenters. The lowest BCUT2D eigenvalue weighted by Gasteiger charge is -2.57. The van der Waals surface area contributed by atoms with Crippen molar-refractivity contribution in [2.75, 3.05) is 4.90 Å². The molecule has 0 N–H and O–H groups in total. The first-order chi connectivity index (χ1) is 32.6. The monoisotopic (exact) mass is 850 g/mol. The average Bonchev–Trinajstić information content (AvgIpc) is 4.03. The topological polar surface area (TPSA) is 34.5 Å². The second-order valence-corrected chi connectivity index (χ2v) is 19.9. The Morgan fingerprint density at radius 2 is 0.955 bits per heavy atom. The van der Waals surface area contributed by atoms with E-state index in [-0.39, 0.29) is 0 Å². The van der Waals surface area contributed by atoms with Gasteiger partial charge in [0.2, 0.25) is 0 Å². The van der Waals surface area contributed by atoms with Crippen LogP contribution in [0.5, 0.6) is 0 Å². The number of benzene rings is 9. The van der Waals surface area contributed by atoms with Gasteiger partial charge in [-0.25, -0.2) is 0 Å². The minimum atomic E-state index is 0.382. The number of hydrogen-bond donors (Lipinski definition) is 0.